The zero-order valence-electron chi connectivity index (χ0n) is 13.0. The number of nitrogens with zero attached hydrogens (tertiary/aromatic N) is 2. The Kier molecular flexibility index (Phi) is 8.82. The zero-order valence-corrected chi connectivity index (χ0v) is 13.0. The number of aliphatic carboxylic acids is 1. The summed E-state index contributed by atoms with van der Waals surface area (Å²) in [6.07, 6.45) is 3.58. The highest BCUT2D eigenvalue weighted by Crippen LogP contribution is 2.08. The normalized spacial score (nSPS) is 17.8. The molecule has 1 fully saturated rings. The van der Waals surface area contributed by atoms with Crippen LogP contribution in [-0.4, -0.2) is 73.4 Å². The van der Waals surface area contributed by atoms with Gasteiger partial charge in [-0.15, -0.1) is 0 Å². The number of carboxylic acid groups (broad SMARTS) is 1. The highest BCUT2D eigenvalue weighted by molar-refractivity contribution is 5.69. The molecule has 0 aromatic carbocycles. The Hall–Kier alpha value is -0.650. The number of likely N-dealkylation sites (tertiary alicyclic amines) is 1. The Balaban J connectivity index is 2.30. The molecule has 0 radical (unpaired) electrons. The van der Waals surface area contributed by atoms with Crippen molar-refractivity contribution in [1.82, 2.24) is 9.80 Å². The predicted octanol–water partition coefficient (Wildman–Crippen LogP) is 1.53. The van der Waals surface area contributed by atoms with Crippen molar-refractivity contribution < 1.29 is 14.6 Å². The van der Waals surface area contributed by atoms with E-state index >= 15 is 0 Å². The van der Waals surface area contributed by atoms with Gasteiger partial charge in [0.1, 0.15) is 0 Å². The molecule has 5 heteroatoms. The van der Waals surface area contributed by atoms with E-state index in [0.29, 0.717) is 6.54 Å². The second kappa shape index (κ2) is 10.1. The number of carboxylic acids is 1. The van der Waals surface area contributed by atoms with Gasteiger partial charge in [0.25, 0.3) is 0 Å². The molecule has 1 saturated heterocycles. The summed E-state index contributed by atoms with van der Waals surface area (Å²) in [6, 6.07) is 0. The smallest absolute Gasteiger partial charge is 0.307 e. The Morgan fingerprint density at radius 2 is 2.05 bits per heavy atom. The molecule has 20 heavy (non-hydrogen) atoms. The number of hydrogen-bond donors (Lipinski definition) is 1. The minimum absolute atomic E-state index is 0.305. The van der Waals surface area contributed by atoms with Crippen molar-refractivity contribution in [2.75, 3.05) is 52.5 Å². The SMILES string of the molecule is CCOCCCN(CCN1CCCC1)CC(C)C(=O)O. The minimum Gasteiger partial charge on any atom is -0.481 e. The molecule has 0 spiro atoms. The van der Waals surface area contributed by atoms with Crippen LogP contribution in [0.3, 0.4) is 0 Å². The lowest BCUT2D eigenvalue weighted by Crippen LogP contribution is -2.38. The van der Waals surface area contributed by atoms with Crippen molar-refractivity contribution in [3.8, 4) is 0 Å². The van der Waals surface area contributed by atoms with Crippen LogP contribution in [0, 0.1) is 5.92 Å². The van der Waals surface area contributed by atoms with E-state index in [9.17, 15) is 4.79 Å². The Morgan fingerprint density at radius 3 is 2.65 bits per heavy atom. The molecule has 0 saturated carbocycles. The molecule has 0 aliphatic carbocycles. The number of rotatable bonds is 11. The summed E-state index contributed by atoms with van der Waals surface area (Å²) in [4.78, 5) is 15.8. The van der Waals surface area contributed by atoms with Gasteiger partial charge in [0.05, 0.1) is 5.92 Å². The van der Waals surface area contributed by atoms with Gasteiger partial charge in [-0.1, -0.05) is 6.92 Å². The maximum absolute atomic E-state index is 11.0. The fourth-order valence-electron chi connectivity index (χ4n) is 2.58. The first-order valence-electron chi connectivity index (χ1n) is 7.88. The summed E-state index contributed by atoms with van der Waals surface area (Å²) in [6.45, 7) is 11.3. The van der Waals surface area contributed by atoms with E-state index in [1.807, 2.05) is 6.92 Å². The maximum atomic E-state index is 11.0. The van der Waals surface area contributed by atoms with E-state index in [1.165, 1.54) is 25.9 Å². The third kappa shape index (κ3) is 7.22. The van der Waals surface area contributed by atoms with Crippen LogP contribution in [-0.2, 0) is 9.53 Å². The van der Waals surface area contributed by atoms with Crippen LogP contribution in [0.5, 0.6) is 0 Å². The van der Waals surface area contributed by atoms with E-state index in [4.69, 9.17) is 9.84 Å². The van der Waals surface area contributed by atoms with Gasteiger partial charge < -0.3 is 19.6 Å². The van der Waals surface area contributed by atoms with Gasteiger partial charge in [-0.2, -0.15) is 0 Å². The highest BCUT2D eigenvalue weighted by Gasteiger charge is 2.18. The topological polar surface area (TPSA) is 53.0 Å². The van der Waals surface area contributed by atoms with E-state index in [0.717, 1.165) is 39.3 Å². The molecule has 0 bridgehead atoms. The summed E-state index contributed by atoms with van der Waals surface area (Å²) < 4.78 is 5.36. The van der Waals surface area contributed by atoms with Crippen LogP contribution in [0.15, 0.2) is 0 Å². The average Bonchev–Trinajstić information content (AvgIpc) is 2.93. The molecular weight excluding hydrogens is 256 g/mol. The predicted molar refractivity (Wildman–Crippen MR) is 80.0 cm³/mol. The van der Waals surface area contributed by atoms with Crippen molar-refractivity contribution in [2.45, 2.75) is 33.1 Å². The molecule has 1 heterocycles. The van der Waals surface area contributed by atoms with E-state index < -0.39 is 5.97 Å². The first-order valence-corrected chi connectivity index (χ1v) is 7.88. The lowest BCUT2D eigenvalue weighted by atomic mass is 10.1. The van der Waals surface area contributed by atoms with Gasteiger partial charge in [-0.05, 0) is 39.3 Å². The quantitative estimate of drug-likeness (QED) is 0.584. The molecule has 1 aliphatic rings. The summed E-state index contributed by atoms with van der Waals surface area (Å²) in [5.41, 5.74) is 0. The minimum atomic E-state index is -0.707. The second-order valence-electron chi connectivity index (χ2n) is 5.64. The van der Waals surface area contributed by atoms with E-state index in [-0.39, 0.29) is 5.92 Å². The standard InChI is InChI=1S/C15H30N2O3/c1-3-20-12-6-9-17(13-14(2)15(18)19)11-10-16-7-4-5-8-16/h14H,3-13H2,1-2H3,(H,18,19). The largest absolute Gasteiger partial charge is 0.481 e. The summed E-state index contributed by atoms with van der Waals surface area (Å²) in [5, 5.41) is 9.06. The van der Waals surface area contributed by atoms with Gasteiger partial charge in [0.2, 0.25) is 0 Å². The van der Waals surface area contributed by atoms with Crippen molar-refractivity contribution >= 4 is 5.97 Å². The van der Waals surface area contributed by atoms with Crippen molar-refractivity contribution in [1.29, 1.82) is 0 Å². The monoisotopic (exact) mass is 286 g/mol. The first-order chi connectivity index (χ1) is 9.63. The molecule has 5 nitrogen and oxygen atoms in total. The Morgan fingerprint density at radius 1 is 1.35 bits per heavy atom. The van der Waals surface area contributed by atoms with Gasteiger partial charge in [0.15, 0.2) is 0 Å². The number of carbonyl (C=O) groups is 1. The number of ether oxygens (including phenoxy) is 1. The van der Waals surface area contributed by atoms with Gasteiger partial charge in [-0.3, -0.25) is 4.79 Å². The molecule has 1 unspecified atom stereocenters. The van der Waals surface area contributed by atoms with E-state index in [1.54, 1.807) is 6.92 Å². The lowest BCUT2D eigenvalue weighted by Gasteiger charge is -2.26. The van der Waals surface area contributed by atoms with Gasteiger partial charge in [-0.25, -0.2) is 0 Å². The summed E-state index contributed by atoms with van der Waals surface area (Å²) in [5.74, 6) is -1.01. The fraction of sp³-hybridized carbons (Fsp3) is 0.933. The molecule has 1 aliphatic heterocycles. The zero-order chi connectivity index (χ0) is 14.8. The Labute approximate surface area is 122 Å². The van der Waals surface area contributed by atoms with Crippen LogP contribution in [0.1, 0.15) is 33.1 Å². The third-order valence-corrected chi connectivity index (χ3v) is 3.85. The molecule has 0 amide bonds. The van der Waals surface area contributed by atoms with Crippen LogP contribution in [0.4, 0.5) is 0 Å². The highest BCUT2D eigenvalue weighted by atomic mass is 16.5. The van der Waals surface area contributed by atoms with Crippen molar-refractivity contribution in [3.63, 3.8) is 0 Å². The van der Waals surface area contributed by atoms with Crippen LogP contribution >= 0.6 is 0 Å². The third-order valence-electron chi connectivity index (χ3n) is 3.85. The molecule has 1 N–H and O–H groups in total. The van der Waals surface area contributed by atoms with Crippen molar-refractivity contribution in [3.05, 3.63) is 0 Å². The van der Waals surface area contributed by atoms with Crippen LogP contribution in [0.25, 0.3) is 0 Å². The molecule has 0 aromatic heterocycles. The molecule has 1 rings (SSSR count). The average molecular weight is 286 g/mol. The molecule has 1 atom stereocenters. The van der Waals surface area contributed by atoms with Crippen LogP contribution in [0.2, 0.25) is 0 Å². The van der Waals surface area contributed by atoms with Crippen molar-refractivity contribution in [2.24, 2.45) is 5.92 Å². The summed E-state index contributed by atoms with van der Waals surface area (Å²) in [7, 11) is 0. The molecule has 0 aromatic rings. The maximum Gasteiger partial charge on any atom is 0.307 e. The molecular formula is C15H30N2O3. The molecule has 118 valence electrons. The fourth-order valence-corrected chi connectivity index (χ4v) is 2.58. The Bertz CT molecular complexity index is 268. The first kappa shape index (κ1) is 17.4. The van der Waals surface area contributed by atoms with Gasteiger partial charge >= 0.3 is 5.97 Å². The van der Waals surface area contributed by atoms with Crippen LogP contribution < -0.4 is 0 Å². The second-order valence-corrected chi connectivity index (χ2v) is 5.64. The summed E-state index contributed by atoms with van der Waals surface area (Å²) >= 11 is 0. The van der Waals surface area contributed by atoms with Gasteiger partial charge in [0, 0.05) is 39.4 Å². The van der Waals surface area contributed by atoms with E-state index in [2.05, 4.69) is 9.80 Å². The lowest BCUT2D eigenvalue weighted by molar-refractivity contribution is -0.141. The number of hydrogen-bond acceptors (Lipinski definition) is 4.